The van der Waals surface area contributed by atoms with Gasteiger partial charge < -0.3 is 19.7 Å². The highest BCUT2D eigenvalue weighted by atomic mass is 35.5. The van der Waals surface area contributed by atoms with Gasteiger partial charge >= 0.3 is 0 Å². The Morgan fingerprint density at radius 1 is 1.13 bits per heavy atom. The Kier molecular flexibility index (Phi) is 8.12. The molecule has 3 rings (SSSR count). The second-order valence-corrected chi connectivity index (χ2v) is 8.51. The fourth-order valence-corrected chi connectivity index (χ4v) is 4.24. The first-order chi connectivity index (χ1) is 14.5. The minimum Gasteiger partial charge on any atom is -0.352 e. The molecule has 10 heteroatoms. The molecule has 162 valence electrons. The van der Waals surface area contributed by atoms with E-state index in [1.165, 1.54) is 11.8 Å². The van der Waals surface area contributed by atoms with Crippen molar-refractivity contribution in [2.75, 3.05) is 45.5 Å². The first kappa shape index (κ1) is 22.6. The molecule has 1 saturated heterocycles. The van der Waals surface area contributed by atoms with Crippen molar-refractivity contribution in [3.63, 3.8) is 0 Å². The number of benzene rings is 1. The van der Waals surface area contributed by atoms with Gasteiger partial charge in [-0.1, -0.05) is 23.4 Å². The van der Waals surface area contributed by atoms with Gasteiger partial charge in [-0.25, -0.2) is 0 Å². The van der Waals surface area contributed by atoms with E-state index in [0.717, 1.165) is 37.2 Å². The number of carbonyl (C=O) groups is 2. The highest BCUT2D eigenvalue weighted by Crippen LogP contribution is 2.18. The van der Waals surface area contributed by atoms with Crippen LogP contribution < -0.4 is 5.32 Å². The largest absolute Gasteiger partial charge is 0.352 e. The molecule has 0 spiro atoms. The number of hydrogen-bond donors (Lipinski definition) is 1. The molecule has 2 heterocycles. The standard InChI is InChI=1S/C20H27ClN6O2S/c1-3-27-17(8-9-22-19(29)15-4-6-16(21)7-5-15)23-24-20(27)30-14-18(28)26-12-10-25(2)11-13-26/h4-7H,3,8-14H2,1-2H3,(H,22,29). The molecule has 2 aromatic rings. The smallest absolute Gasteiger partial charge is 0.251 e. The van der Waals surface area contributed by atoms with Crippen molar-refractivity contribution in [2.45, 2.75) is 25.0 Å². The Morgan fingerprint density at radius 3 is 2.50 bits per heavy atom. The third kappa shape index (κ3) is 5.96. The number of rotatable bonds is 8. The predicted octanol–water partition coefficient (Wildman–Crippen LogP) is 1.79. The average Bonchev–Trinajstić information content (AvgIpc) is 3.14. The third-order valence-corrected chi connectivity index (χ3v) is 6.23. The minimum atomic E-state index is -0.151. The van der Waals surface area contributed by atoms with Crippen LogP contribution in [0.15, 0.2) is 29.4 Å². The van der Waals surface area contributed by atoms with E-state index in [2.05, 4.69) is 27.5 Å². The highest BCUT2D eigenvalue weighted by Gasteiger charge is 2.20. The molecular formula is C20H27ClN6O2S. The summed E-state index contributed by atoms with van der Waals surface area (Å²) in [5.41, 5.74) is 0.565. The Morgan fingerprint density at radius 2 is 1.83 bits per heavy atom. The summed E-state index contributed by atoms with van der Waals surface area (Å²) in [4.78, 5) is 28.8. The van der Waals surface area contributed by atoms with Crippen molar-refractivity contribution < 1.29 is 9.59 Å². The zero-order valence-corrected chi connectivity index (χ0v) is 18.9. The van der Waals surface area contributed by atoms with Gasteiger partial charge in [-0.3, -0.25) is 9.59 Å². The van der Waals surface area contributed by atoms with Crippen LogP contribution in [0.3, 0.4) is 0 Å². The van der Waals surface area contributed by atoms with E-state index in [1.807, 2.05) is 16.4 Å². The van der Waals surface area contributed by atoms with Crippen LogP contribution in [0.25, 0.3) is 0 Å². The van der Waals surface area contributed by atoms with Crippen LogP contribution in [0.4, 0.5) is 0 Å². The van der Waals surface area contributed by atoms with E-state index in [1.54, 1.807) is 24.3 Å². The van der Waals surface area contributed by atoms with E-state index in [9.17, 15) is 9.59 Å². The normalized spacial score (nSPS) is 14.7. The molecule has 0 aliphatic carbocycles. The van der Waals surface area contributed by atoms with Crippen LogP contribution in [0.2, 0.25) is 5.02 Å². The lowest BCUT2D eigenvalue weighted by atomic mass is 10.2. The second-order valence-electron chi connectivity index (χ2n) is 7.13. The van der Waals surface area contributed by atoms with Gasteiger partial charge in [0.05, 0.1) is 5.75 Å². The van der Waals surface area contributed by atoms with Crippen LogP contribution in [0.5, 0.6) is 0 Å². The van der Waals surface area contributed by atoms with E-state index in [0.29, 0.717) is 35.8 Å². The fraction of sp³-hybridized carbons (Fsp3) is 0.500. The van der Waals surface area contributed by atoms with Gasteiger partial charge in [-0.2, -0.15) is 0 Å². The Labute approximate surface area is 186 Å². The van der Waals surface area contributed by atoms with Gasteiger partial charge in [-0.15, -0.1) is 10.2 Å². The van der Waals surface area contributed by atoms with E-state index < -0.39 is 0 Å². The van der Waals surface area contributed by atoms with Gasteiger partial charge in [0.25, 0.3) is 5.91 Å². The van der Waals surface area contributed by atoms with Crippen LogP contribution in [0.1, 0.15) is 23.1 Å². The molecule has 1 aromatic carbocycles. The van der Waals surface area contributed by atoms with E-state index in [4.69, 9.17) is 11.6 Å². The molecule has 1 aromatic heterocycles. The van der Waals surface area contributed by atoms with Gasteiger partial charge in [-0.05, 0) is 38.2 Å². The maximum Gasteiger partial charge on any atom is 0.251 e. The third-order valence-electron chi connectivity index (χ3n) is 5.03. The topological polar surface area (TPSA) is 83.4 Å². The van der Waals surface area contributed by atoms with Gasteiger partial charge in [0.15, 0.2) is 5.16 Å². The van der Waals surface area contributed by atoms with Gasteiger partial charge in [0.2, 0.25) is 5.91 Å². The summed E-state index contributed by atoms with van der Waals surface area (Å²) in [6, 6.07) is 6.77. The second kappa shape index (κ2) is 10.8. The fourth-order valence-electron chi connectivity index (χ4n) is 3.19. The Bertz CT molecular complexity index is 865. The summed E-state index contributed by atoms with van der Waals surface area (Å²) < 4.78 is 2.00. The number of hydrogen-bond acceptors (Lipinski definition) is 6. The monoisotopic (exact) mass is 450 g/mol. The van der Waals surface area contributed by atoms with Crippen molar-refractivity contribution in [3.05, 3.63) is 40.7 Å². The molecule has 0 bridgehead atoms. The number of nitrogens with zero attached hydrogens (tertiary/aromatic N) is 5. The van der Waals surface area contributed by atoms with Crippen LogP contribution in [-0.4, -0.2) is 81.9 Å². The molecule has 1 fully saturated rings. The van der Waals surface area contributed by atoms with Gasteiger partial charge in [0, 0.05) is 56.3 Å². The van der Waals surface area contributed by atoms with Gasteiger partial charge in [0.1, 0.15) is 5.82 Å². The number of aromatic nitrogens is 3. The number of thioether (sulfide) groups is 1. The molecule has 8 nitrogen and oxygen atoms in total. The van der Waals surface area contributed by atoms with Crippen LogP contribution in [-0.2, 0) is 17.8 Å². The Hall–Kier alpha value is -2.10. The quantitative estimate of drug-likeness (QED) is 0.617. The molecule has 2 amide bonds. The molecule has 0 unspecified atom stereocenters. The molecular weight excluding hydrogens is 424 g/mol. The van der Waals surface area contributed by atoms with Crippen molar-refractivity contribution in [1.29, 1.82) is 0 Å². The van der Waals surface area contributed by atoms with Crippen molar-refractivity contribution in [2.24, 2.45) is 0 Å². The highest BCUT2D eigenvalue weighted by molar-refractivity contribution is 7.99. The summed E-state index contributed by atoms with van der Waals surface area (Å²) in [5, 5.41) is 12.7. The zero-order chi connectivity index (χ0) is 21.5. The number of carbonyl (C=O) groups excluding carboxylic acids is 2. The SMILES string of the molecule is CCn1c(CCNC(=O)c2ccc(Cl)cc2)nnc1SCC(=O)N1CCN(C)CC1. The first-order valence-electron chi connectivity index (χ1n) is 10.0. The number of nitrogens with one attached hydrogen (secondary N) is 1. The first-order valence-corrected chi connectivity index (χ1v) is 11.4. The maximum absolute atomic E-state index is 12.5. The molecule has 30 heavy (non-hydrogen) atoms. The summed E-state index contributed by atoms with van der Waals surface area (Å²) in [6.45, 7) is 6.54. The van der Waals surface area contributed by atoms with E-state index >= 15 is 0 Å². The number of likely N-dealkylation sites (N-methyl/N-ethyl adjacent to an activating group) is 1. The van der Waals surface area contributed by atoms with Crippen molar-refractivity contribution in [3.8, 4) is 0 Å². The number of halogens is 1. The molecule has 0 radical (unpaired) electrons. The average molecular weight is 451 g/mol. The molecule has 1 aliphatic rings. The summed E-state index contributed by atoms with van der Waals surface area (Å²) in [7, 11) is 2.07. The lowest BCUT2D eigenvalue weighted by molar-refractivity contribution is -0.129. The lowest BCUT2D eigenvalue weighted by Gasteiger charge is -2.32. The summed E-state index contributed by atoms with van der Waals surface area (Å²) in [6.07, 6.45) is 0.563. The summed E-state index contributed by atoms with van der Waals surface area (Å²) in [5.74, 6) is 1.13. The minimum absolute atomic E-state index is 0.135. The van der Waals surface area contributed by atoms with Crippen molar-refractivity contribution in [1.82, 2.24) is 29.9 Å². The molecule has 1 N–H and O–H groups in total. The van der Waals surface area contributed by atoms with E-state index in [-0.39, 0.29) is 11.8 Å². The zero-order valence-electron chi connectivity index (χ0n) is 17.3. The van der Waals surface area contributed by atoms with Crippen LogP contribution >= 0.6 is 23.4 Å². The molecule has 1 aliphatic heterocycles. The predicted molar refractivity (Wildman–Crippen MR) is 118 cm³/mol. The lowest BCUT2D eigenvalue weighted by Crippen LogP contribution is -2.47. The summed E-state index contributed by atoms with van der Waals surface area (Å²) >= 11 is 7.27. The molecule has 0 saturated carbocycles. The number of amides is 2. The van der Waals surface area contributed by atoms with Crippen molar-refractivity contribution >= 4 is 35.2 Å². The van der Waals surface area contributed by atoms with Crippen LogP contribution in [0, 0.1) is 0 Å². The Balaban J connectivity index is 1.49. The number of piperazine rings is 1. The molecule has 0 atom stereocenters. The maximum atomic E-state index is 12.5.